The third kappa shape index (κ3) is 4.80. The molecule has 0 amide bonds. The average Bonchev–Trinajstić information content (AvgIpc) is 2.92. The largest absolute Gasteiger partial charge is 0.508 e. The number of hydrogen-bond acceptors (Lipinski definition) is 3. The van der Waals surface area contributed by atoms with E-state index >= 15 is 0 Å². The van der Waals surface area contributed by atoms with Crippen molar-refractivity contribution in [1.82, 2.24) is 10.2 Å². The van der Waals surface area contributed by atoms with E-state index in [1.807, 2.05) is 12.1 Å². The van der Waals surface area contributed by atoms with E-state index in [1.54, 1.807) is 12.1 Å². The molecular formula is C17H28N2O. The maximum absolute atomic E-state index is 9.27. The van der Waals surface area contributed by atoms with Crippen molar-refractivity contribution in [3.05, 3.63) is 29.8 Å². The van der Waals surface area contributed by atoms with Crippen molar-refractivity contribution in [3.8, 4) is 5.75 Å². The highest BCUT2D eigenvalue weighted by molar-refractivity contribution is 5.25. The second-order valence-corrected chi connectivity index (χ2v) is 6.06. The Hall–Kier alpha value is -1.06. The summed E-state index contributed by atoms with van der Waals surface area (Å²) in [5, 5.41) is 12.9. The Morgan fingerprint density at radius 2 is 2.10 bits per heavy atom. The number of aryl methyl sites for hydroxylation is 1. The van der Waals surface area contributed by atoms with Crippen molar-refractivity contribution in [2.24, 2.45) is 5.92 Å². The van der Waals surface area contributed by atoms with Crippen LogP contribution in [-0.2, 0) is 6.42 Å². The van der Waals surface area contributed by atoms with E-state index in [4.69, 9.17) is 0 Å². The van der Waals surface area contributed by atoms with Gasteiger partial charge in [-0.15, -0.1) is 0 Å². The Bertz CT molecular complexity index is 390. The third-order valence-electron chi connectivity index (χ3n) is 4.37. The number of likely N-dealkylation sites (tertiary alicyclic amines) is 1. The minimum Gasteiger partial charge on any atom is -0.508 e. The summed E-state index contributed by atoms with van der Waals surface area (Å²) in [6.45, 7) is 9.38. The van der Waals surface area contributed by atoms with Crippen LogP contribution in [0.3, 0.4) is 0 Å². The van der Waals surface area contributed by atoms with Crippen LogP contribution < -0.4 is 5.32 Å². The number of hydrogen-bond donors (Lipinski definition) is 2. The predicted octanol–water partition coefficient (Wildman–Crippen LogP) is 2.64. The molecule has 0 spiro atoms. The Kier molecular flexibility index (Phi) is 5.86. The van der Waals surface area contributed by atoms with E-state index < -0.39 is 0 Å². The van der Waals surface area contributed by atoms with Gasteiger partial charge in [-0.2, -0.15) is 0 Å². The molecule has 1 saturated heterocycles. The van der Waals surface area contributed by atoms with Crippen molar-refractivity contribution >= 4 is 0 Å². The van der Waals surface area contributed by atoms with Crippen LogP contribution in [0.5, 0.6) is 5.75 Å². The molecule has 20 heavy (non-hydrogen) atoms. The van der Waals surface area contributed by atoms with E-state index in [-0.39, 0.29) is 0 Å². The normalized spacial score (nSPS) is 21.2. The van der Waals surface area contributed by atoms with Crippen molar-refractivity contribution in [2.45, 2.75) is 39.2 Å². The number of nitrogens with zero attached hydrogens (tertiary/aromatic N) is 1. The molecule has 3 nitrogen and oxygen atoms in total. The van der Waals surface area contributed by atoms with Gasteiger partial charge in [-0.25, -0.2) is 0 Å². The SMILES string of the molecule is CCN1CCC(CNC(C)CCc2ccc(O)cc2)C1. The highest BCUT2D eigenvalue weighted by Crippen LogP contribution is 2.15. The van der Waals surface area contributed by atoms with Crippen LogP contribution in [-0.4, -0.2) is 42.2 Å². The van der Waals surface area contributed by atoms with Crippen LogP contribution in [0.15, 0.2) is 24.3 Å². The lowest BCUT2D eigenvalue weighted by atomic mass is 10.0. The number of benzene rings is 1. The number of rotatable bonds is 7. The molecule has 3 heteroatoms. The molecule has 1 aliphatic heterocycles. The molecule has 0 radical (unpaired) electrons. The first-order valence-electron chi connectivity index (χ1n) is 7.91. The molecule has 2 atom stereocenters. The highest BCUT2D eigenvalue weighted by Gasteiger charge is 2.20. The zero-order chi connectivity index (χ0) is 14.4. The monoisotopic (exact) mass is 276 g/mol. The van der Waals surface area contributed by atoms with Crippen LogP contribution in [0.25, 0.3) is 0 Å². The van der Waals surface area contributed by atoms with Crippen molar-refractivity contribution in [2.75, 3.05) is 26.2 Å². The van der Waals surface area contributed by atoms with Gasteiger partial charge >= 0.3 is 0 Å². The van der Waals surface area contributed by atoms with E-state index in [0.29, 0.717) is 11.8 Å². The van der Waals surface area contributed by atoms with Gasteiger partial charge in [0.05, 0.1) is 0 Å². The van der Waals surface area contributed by atoms with Gasteiger partial charge in [-0.3, -0.25) is 0 Å². The molecular weight excluding hydrogens is 248 g/mol. The van der Waals surface area contributed by atoms with Gasteiger partial charge in [-0.05, 0) is 69.4 Å². The molecule has 2 unspecified atom stereocenters. The molecule has 2 N–H and O–H groups in total. The standard InChI is InChI=1S/C17H28N2O/c1-3-19-11-10-16(13-19)12-18-14(2)4-5-15-6-8-17(20)9-7-15/h6-9,14,16,18,20H,3-5,10-13H2,1-2H3. The summed E-state index contributed by atoms with van der Waals surface area (Å²) in [6.07, 6.45) is 3.56. The summed E-state index contributed by atoms with van der Waals surface area (Å²) in [7, 11) is 0. The third-order valence-corrected chi connectivity index (χ3v) is 4.37. The molecule has 1 aliphatic rings. The van der Waals surface area contributed by atoms with Crippen LogP contribution in [0.4, 0.5) is 0 Å². The Balaban J connectivity index is 1.63. The second kappa shape index (κ2) is 7.65. The van der Waals surface area contributed by atoms with Gasteiger partial charge in [-0.1, -0.05) is 19.1 Å². The van der Waals surface area contributed by atoms with Crippen LogP contribution in [0, 0.1) is 5.92 Å². The zero-order valence-corrected chi connectivity index (χ0v) is 12.8. The van der Waals surface area contributed by atoms with Crippen LogP contribution in [0.2, 0.25) is 0 Å². The smallest absolute Gasteiger partial charge is 0.115 e. The van der Waals surface area contributed by atoms with Gasteiger partial charge in [0, 0.05) is 12.6 Å². The lowest BCUT2D eigenvalue weighted by Crippen LogP contribution is -2.32. The number of nitrogens with one attached hydrogen (secondary N) is 1. The summed E-state index contributed by atoms with van der Waals surface area (Å²) in [5.74, 6) is 1.17. The lowest BCUT2D eigenvalue weighted by molar-refractivity contribution is 0.335. The average molecular weight is 276 g/mol. The maximum atomic E-state index is 9.27. The van der Waals surface area contributed by atoms with Gasteiger partial charge in [0.15, 0.2) is 0 Å². The molecule has 1 heterocycles. The summed E-state index contributed by atoms with van der Waals surface area (Å²) < 4.78 is 0. The van der Waals surface area contributed by atoms with Crippen molar-refractivity contribution in [3.63, 3.8) is 0 Å². The van der Waals surface area contributed by atoms with Crippen LogP contribution in [0.1, 0.15) is 32.3 Å². The molecule has 0 bridgehead atoms. The number of aromatic hydroxyl groups is 1. The van der Waals surface area contributed by atoms with E-state index in [2.05, 4.69) is 24.1 Å². The van der Waals surface area contributed by atoms with Crippen LogP contribution >= 0.6 is 0 Å². The molecule has 2 rings (SSSR count). The highest BCUT2D eigenvalue weighted by atomic mass is 16.3. The van der Waals surface area contributed by atoms with Gasteiger partial charge in [0.25, 0.3) is 0 Å². The van der Waals surface area contributed by atoms with Gasteiger partial charge in [0.2, 0.25) is 0 Å². The molecule has 0 aliphatic carbocycles. The Morgan fingerprint density at radius 3 is 2.75 bits per heavy atom. The molecule has 112 valence electrons. The molecule has 0 saturated carbocycles. The minimum atomic E-state index is 0.349. The van der Waals surface area contributed by atoms with Gasteiger partial charge in [0.1, 0.15) is 5.75 Å². The lowest BCUT2D eigenvalue weighted by Gasteiger charge is -2.18. The first kappa shape index (κ1) is 15.3. The first-order valence-corrected chi connectivity index (χ1v) is 7.91. The number of phenols is 1. The van der Waals surface area contributed by atoms with E-state index in [1.165, 1.54) is 31.6 Å². The molecule has 1 aromatic carbocycles. The summed E-state index contributed by atoms with van der Waals surface area (Å²) in [5.41, 5.74) is 1.30. The summed E-state index contributed by atoms with van der Waals surface area (Å²) >= 11 is 0. The maximum Gasteiger partial charge on any atom is 0.115 e. The first-order chi connectivity index (χ1) is 9.67. The fourth-order valence-electron chi connectivity index (χ4n) is 2.88. The van der Waals surface area contributed by atoms with Crippen molar-refractivity contribution < 1.29 is 5.11 Å². The molecule has 0 aromatic heterocycles. The molecule has 1 fully saturated rings. The number of phenolic OH excluding ortho intramolecular Hbond substituents is 1. The van der Waals surface area contributed by atoms with Gasteiger partial charge < -0.3 is 15.3 Å². The minimum absolute atomic E-state index is 0.349. The van der Waals surface area contributed by atoms with E-state index in [0.717, 1.165) is 25.3 Å². The Morgan fingerprint density at radius 1 is 1.35 bits per heavy atom. The summed E-state index contributed by atoms with van der Waals surface area (Å²) in [4.78, 5) is 2.54. The fourth-order valence-corrected chi connectivity index (χ4v) is 2.88. The fraction of sp³-hybridized carbons (Fsp3) is 0.647. The quantitative estimate of drug-likeness (QED) is 0.803. The predicted molar refractivity (Wildman–Crippen MR) is 84.1 cm³/mol. The summed E-state index contributed by atoms with van der Waals surface area (Å²) in [6, 6.07) is 8.12. The van der Waals surface area contributed by atoms with E-state index in [9.17, 15) is 5.11 Å². The molecule has 1 aromatic rings. The van der Waals surface area contributed by atoms with Crippen molar-refractivity contribution in [1.29, 1.82) is 0 Å². The topological polar surface area (TPSA) is 35.5 Å². The Labute approximate surface area is 123 Å². The second-order valence-electron chi connectivity index (χ2n) is 6.06. The zero-order valence-electron chi connectivity index (χ0n) is 12.8.